The van der Waals surface area contributed by atoms with Crippen molar-refractivity contribution in [3.05, 3.63) is 82.8 Å². The van der Waals surface area contributed by atoms with Crippen LogP contribution in [0.1, 0.15) is 34.5 Å². The van der Waals surface area contributed by atoms with Gasteiger partial charge in [-0.1, -0.05) is 24.3 Å². The molecule has 5 rings (SSSR count). The van der Waals surface area contributed by atoms with Crippen molar-refractivity contribution in [1.82, 2.24) is 19.5 Å². The monoisotopic (exact) mass is 474 g/mol. The molecule has 6 nitrogen and oxygen atoms in total. The minimum Gasteiger partial charge on any atom is -0.366 e. The van der Waals surface area contributed by atoms with E-state index in [-0.39, 0.29) is 5.82 Å². The largest absolute Gasteiger partial charge is 0.434 e. The number of hydrogen-bond donors (Lipinski definition) is 1. The number of alkyl halides is 3. The van der Waals surface area contributed by atoms with E-state index < -0.39 is 11.9 Å². The molecule has 4 aromatic rings. The van der Waals surface area contributed by atoms with Crippen LogP contribution in [0.15, 0.2) is 54.7 Å². The first-order valence-electron chi connectivity index (χ1n) is 11.2. The zero-order valence-electron chi connectivity index (χ0n) is 18.9. The van der Waals surface area contributed by atoms with Gasteiger partial charge in [-0.05, 0) is 49.1 Å². The zero-order chi connectivity index (χ0) is 24.6. The molecule has 2 aromatic carbocycles. The Morgan fingerprint density at radius 3 is 2.34 bits per heavy atom. The average molecular weight is 474 g/mol. The number of nitrogens with zero attached hydrogens (tertiary/aromatic N) is 5. The van der Waals surface area contributed by atoms with Crippen molar-refractivity contribution in [1.29, 1.82) is 5.26 Å². The van der Waals surface area contributed by atoms with Crippen LogP contribution in [0.4, 0.5) is 19.0 Å². The molecule has 2 heterocycles. The molecule has 0 amide bonds. The zero-order valence-corrected chi connectivity index (χ0v) is 18.9. The molecule has 0 radical (unpaired) electrons. The molecule has 0 aliphatic heterocycles. The van der Waals surface area contributed by atoms with E-state index in [0.717, 1.165) is 53.7 Å². The number of rotatable bonds is 5. The summed E-state index contributed by atoms with van der Waals surface area (Å²) in [5.74, 6) is 1.66. The standard InChI is InChI=1S/C26H21F3N6/c1-35-15-22(26(27,28)29)33-25(35)19-11-7-17(8-12-19)14-31-24-20-3-2-4-21(20)32-23(34-24)18-9-5-16(13-30)6-10-18/h5-12,15H,2-4,14H2,1H3,(H,31,32,34). The molecular formula is C26H21F3N6. The van der Waals surface area contributed by atoms with Crippen molar-refractivity contribution in [3.63, 3.8) is 0 Å². The Labute approximate surface area is 200 Å². The predicted molar refractivity (Wildman–Crippen MR) is 125 cm³/mol. The van der Waals surface area contributed by atoms with E-state index >= 15 is 0 Å². The molecular weight excluding hydrogens is 453 g/mol. The van der Waals surface area contributed by atoms with Crippen LogP contribution in [0.2, 0.25) is 0 Å². The molecule has 0 atom stereocenters. The Morgan fingerprint density at radius 1 is 0.971 bits per heavy atom. The second-order valence-corrected chi connectivity index (χ2v) is 8.47. The molecule has 0 fully saturated rings. The molecule has 0 bridgehead atoms. The molecule has 2 aromatic heterocycles. The Morgan fingerprint density at radius 2 is 1.69 bits per heavy atom. The van der Waals surface area contributed by atoms with E-state index in [9.17, 15) is 13.2 Å². The lowest BCUT2D eigenvalue weighted by molar-refractivity contribution is -0.140. The summed E-state index contributed by atoms with van der Waals surface area (Å²) >= 11 is 0. The van der Waals surface area contributed by atoms with Gasteiger partial charge in [-0.15, -0.1) is 0 Å². The highest BCUT2D eigenvalue weighted by Crippen LogP contribution is 2.31. The number of fused-ring (bicyclic) bond motifs is 1. The van der Waals surface area contributed by atoms with E-state index in [1.165, 1.54) is 4.57 Å². The van der Waals surface area contributed by atoms with Gasteiger partial charge in [0, 0.05) is 42.2 Å². The number of benzene rings is 2. The van der Waals surface area contributed by atoms with Crippen molar-refractivity contribution in [2.45, 2.75) is 32.0 Å². The molecule has 0 saturated heterocycles. The molecule has 1 N–H and O–H groups in total. The van der Waals surface area contributed by atoms with Gasteiger partial charge in [-0.3, -0.25) is 0 Å². The van der Waals surface area contributed by atoms with Crippen LogP contribution in [-0.2, 0) is 32.6 Å². The molecule has 9 heteroatoms. The highest BCUT2D eigenvalue weighted by molar-refractivity contribution is 5.62. The van der Waals surface area contributed by atoms with Gasteiger partial charge in [0.2, 0.25) is 0 Å². The van der Waals surface area contributed by atoms with E-state index in [2.05, 4.69) is 16.4 Å². The Hall–Kier alpha value is -4.19. The Kier molecular flexibility index (Phi) is 5.73. The number of aryl methyl sites for hydroxylation is 2. The van der Waals surface area contributed by atoms with Gasteiger partial charge in [0.05, 0.1) is 11.6 Å². The van der Waals surface area contributed by atoms with Crippen molar-refractivity contribution in [2.24, 2.45) is 7.05 Å². The minimum absolute atomic E-state index is 0.262. The van der Waals surface area contributed by atoms with Gasteiger partial charge in [0.15, 0.2) is 11.5 Å². The van der Waals surface area contributed by atoms with Gasteiger partial charge in [-0.2, -0.15) is 18.4 Å². The van der Waals surface area contributed by atoms with E-state index in [0.29, 0.717) is 23.5 Å². The minimum atomic E-state index is -4.48. The fourth-order valence-corrected chi connectivity index (χ4v) is 4.23. The van der Waals surface area contributed by atoms with Gasteiger partial charge in [-0.25, -0.2) is 15.0 Å². The second kappa shape index (κ2) is 8.87. The topological polar surface area (TPSA) is 79.4 Å². The number of nitriles is 1. The smallest absolute Gasteiger partial charge is 0.366 e. The number of imidazole rings is 1. The first-order chi connectivity index (χ1) is 16.8. The summed E-state index contributed by atoms with van der Waals surface area (Å²) in [5, 5.41) is 12.5. The van der Waals surface area contributed by atoms with Crippen molar-refractivity contribution >= 4 is 5.82 Å². The molecule has 0 unspecified atom stereocenters. The van der Waals surface area contributed by atoms with Crippen molar-refractivity contribution in [3.8, 4) is 28.8 Å². The lowest BCUT2D eigenvalue weighted by atomic mass is 10.1. The fourth-order valence-electron chi connectivity index (χ4n) is 4.23. The Bertz CT molecular complexity index is 1410. The van der Waals surface area contributed by atoms with Crippen LogP contribution in [0.3, 0.4) is 0 Å². The predicted octanol–water partition coefficient (Wildman–Crippen LogP) is 5.54. The van der Waals surface area contributed by atoms with Gasteiger partial charge in [0.1, 0.15) is 11.6 Å². The van der Waals surface area contributed by atoms with Gasteiger partial charge in [0.25, 0.3) is 0 Å². The Balaban J connectivity index is 1.36. The summed E-state index contributed by atoms with van der Waals surface area (Å²) in [6, 6.07) is 16.6. The molecule has 0 spiro atoms. The highest BCUT2D eigenvalue weighted by atomic mass is 19.4. The number of anilines is 1. The lowest BCUT2D eigenvalue weighted by Gasteiger charge is -2.13. The first-order valence-corrected chi connectivity index (χ1v) is 11.2. The van der Waals surface area contributed by atoms with Gasteiger partial charge >= 0.3 is 6.18 Å². The first kappa shape index (κ1) is 22.6. The summed E-state index contributed by atoms with van der Waals surface area (Å²) in [6.45, 7) is 0.505. The van der Waals surface area contributed by atoms with E-state index in [1.807, 2.05) is 24.3 Å². The number of aromatic nitrogens is 4. The maximum absolute atomic E-state index is 13.0. The summed E-state index contributed by atoms with van der Waals surface area (Å²) in [4.78, 5) is 13.3. The third-order valence-electron chi connectivity index (χ3n) is 6.04. The SMILES string of the molecule is Cn1cc(C(F)(F)F)nc1-c1ccc(CNc2nc(-c3ccc(C#N)cc3)nc3c2CCC3)cc1. The van der Waals surface area contributed by atoms with Gasteiger partial charge < -0.3 is 9.88 Å². The normalized spacial score (nSPS) is 12.9. The van der Waals surface area contributed by atoms with E-state index in [1.54, 1.807) is 31.3 Å². The highest BCUT2D eigenvalue weighted by Gasteiger charge is 2.34. The number of nitrogens with one attached hydrogen (secondary N) is 1. The van der Waals surface area contributed by atoms with Crippen molar-refractivity contribution in [2.75, 3.05) is 5.32 Å². The maximum atomic E-state index is 13.0. The van der Waals surface area contributed by atoms with Crippen LogP contribution in [0.25, 0.3) is 22.8 Å². The summed E-state index contributed by atoms with van der Waals surface area (Å²) < 4.78 is 40.3. The fraction of sp³-hybridized carbons (Fsp3) is 0.231. The van der Waals surface area contributed by atoms with E-state index in [4.69, 9.17) is 15.2 Å². The summed E-state index contributed by atoms with van der Waals surface area (Å²) in [6.07, 6.45) is -0.660. The molecule has 1 aliphatic rings. The number of halogens is 3. The maximum Gasteiger partial charge on any atom is 0.434 e. The molecule has 0 saturated carbocycles. The van der Waals surface area contributed by atoms with Crippen LogP contribution in [0, 0.1) is 11.3 Å². The van der Waals surface area contributed by atoms with Crippen LogP contribution in [0.5, 0.6) is 0 Å². The van der Waals surface area contributed by atoms with Crippen LogP contribution < -0.4 is 5.32 Å². The summed E-state index contributed by atoms with van der Waals surface area (Å²) in [7, 11) is 1.55. The lowest BCUT2D eigenvalue weighted by Crippen LogP contribution is -2.07. The average Bonchev–Trinajstić information content (AvgIpc) is 3.49. The molecule has 35 heavy (non-hydrogen) atoms. The third kappa shape index (κ3) is 4.60. The number of hydrogen-bond acceptors (Lipinski definition) is 5. The van der Waals surface area contributed by atoms with Crippen molar-refractivity contribution < 1.29 is 13.2 Å². The quantitative estimate of drug-likeness (QED) is 0.411. The molecule has 176 valence electrons. The second-order valence-electron chi connectivity index (χ2n) is 8.47. The summed E-state index contributed by atoms with van der Waals surface area (Å²) in [5.41, 5.74) is 4.24. The third-order valence-corrected chi connectivity index (χ3v) is 6.04. The van der Waals surface area contributed by atoms with Crippen LogP contribution in [-0.4, -0.2) is 19.5 Å². The van der Waals surface area contributed by atoms with Crippen LogP contribution >= 0.6 is 0 Å². The molecule has 1 aliphatic carbocycles.